The zero-order valence-corrected chi connectivity index (χ0v) is 29.5. The number of nitrogens with zero attached hydrogens (tertiary/aromatic N) is 4. The Bertz CT molecular complexity index is 1950. The molecule has 0 saturated heterocycles. The number of anilines is 1. The van der Waals surface area contributed by atoms with Gasteiger partial charge in [0.15, 0.2) is 0 Å². The molecule has 52 heavy (non-hydrogen) atoms. The van der Waals surface area contributed by atoms with Crippen molar-refractivity contribution in [1.29, 1.82) is 0 Å². The first kappa shape index (κ1) is 37.2. The van der Waals surface area contributed by atoms with E-state index in [-0.39, 0.29) is 50.4 Å². The first-order valence-corrected chi connectivity index (χ1v) is 16.9. The highest BCUT2D eigenvalue weighted by Crippen LogP contribution is 2.38. The van der Waals surface area contributed by atoms with Gasteiger partial charge in [-0.1, -0.05) is 91.0 Å². The maximum absolute atomic E-state index is 14.2. The Labute approximate surface area is 302 Å². The summed E-state index contributed by atoms with van der Waals surface area (Å²) in [6, 6.07) is 24.9. The molecule has 1 aliphatic heterocycles. The predicted molar refractivity (Wildman–Crippen MR) is 198 cm³/mol. The van der Waals surface area contributed by atoms with Gasteiger partial charge in [0.2, 0.25) is 5.91 Å². The molecule has 270 valence electrons. The molecule has 0 saturated carbocycles. The number of aromatic nitrogens is 2. The number of benzene rings is 3. The molecule has 0 unspecified atom stereocenters. The van der Waals surface area contributed by atoms with Gasteiger partial charge in [0.05, 0.1) is 18.0 Å². The van der Waals surface area contributed by atoms with E-state index in [1.54, 1.807) is 12.1 Å². The third kappa shape index (κ3) is 9.37. The van der Waals surface area contributed by atoms with Crippen LogP contribution in [0.5, 0.6) is 0 Å². The minimum atomic E-state index is -0.906. The van der Waals surface area contributed by atoms with Crippen LogP contribution in [0.25, 0.3) is 0 Å². The van der Waals surface area contributed by atoms with Gasteiger partial charge in [0.1, 0.15) is 30.8 Å². The van der Waals surface area contributed by atoms with E-state index in [2.05, 4.69) is 32.7 Å². The van der Waals surface area contributed by atoms with Crippen molar-refractivity contribution in [2.75, 3.05) is 11.4 Å². The monoisotopic (exact) mass is 705 g/mol. The maximum atomic E-state index is 14.2. The van der Waals surface area contributed by atoms with Crippen LogP contribution in [0, 0.1) is 0 Å². The van der Waals surface area contributed by atoms with Gasteiger partial charge in [0.25, 0.3) is 5.56 Å². The summed E-state index contributed by atoms with van der Waals surface area (Å²) in [5.74, 6) is 0.0230. The van der Waals surface area contributed by atoms with Gasteiger partial charge in [-0.2, -0.15) is 5.10 Å². The lowest BCUT2D eigenvalue weighted by atomic mass is 9.95. The molecule has 0 spiro atoms. The number of fused-ring (bicyclic) bond motifs is 1. The van der Waals surface area contributed by atoms with Crippen LogP contribution in [-0.4, -0.2) is 46.4 Å². The van der Waals surface area contributed by atoms with E-state index in [4.69, 9.17) is 9.47 Å². The van der Waals surface area contributed by atoms with Crippen molar-refractivity contribution >= 4 is 30.0 Å². The highest BCUT2D eigenvalue weighted by molar-refractivity contribution is 5.88. The van der Waals surface area contributed by atoms with E-state index >= 15 is 0 Å². The maximum Gasteiger partial charge on any atom is 0.428 e. The Balaban J connectivity index is 1.26. The second kappa shape index (κ2) is 17.2. The van der Waals surface area contributed by atoms with Crippen molar-refractivity contribution < 1.29 is 23.9 Å². The fraction of sp³-hybridized carbons (Fsp3) is 0.282. The molecule has 2 atom stereocenters. The van der Waals surface area contributed by atoms with E-state index in [0.29, 0.717) is 5.82 Å². The normalized spacial score (nSPS) is 16.3. The molecule has 3 N–H and O–H groups in total. The number of hydrazone groups is 1. The van der Waals surface area contributed by atoms with E-state index in [0.717, 1.165) is 22.3 Å². The van der Waals surface area contributed by atoms with Gasteiger partial charge in [-0.3, -0.25) is 19.1 Å². The van der Waals surface area contributed by atoms with Crippen LogP contribution in [0.2, 0.25) is 0 Å². The molecule has 1 aliphatic rings. The number of amides is 3. The number of nitrogens with one attached hydrogen (secondary N) is 3. The summed E-state index contributed by atoms with van der Waals surface area (Å²) in [6.07, 6.45) is 3.18. The number of carbonyl (C=O) groups excluding carboxylic acids is 3. The molecule has 0 radical (unpaired) electrons. The van der Waals surface area contributed by atoms with Crippen LogP contribution < -0.4 is 26.5 Å². The van der Waals surface area contributed by atoms with Gasteiger partial charge in [0, 0.05) is 25.6 Å². The SMILES string of the molecule is C=CCN(C(=O)OCc1ccccc1)c1cnc2n(c1=O)[C@H](C(=O)NCc1ccc(C=NNC(=O)OCc3ccccc3)cc1)C[C@@]2(C)NC(C)C. The summed E-state index contributed by atoms with van der Waals surface area (Å²) in [5, 5.41) is 10.4. The average Bonchev–Trinajstić information content (AvgIpc) is 3.44. The third-order valence-electron chi connectivity index (χ3n) is 8.35. The highest BCUT2D eigenvalue weighted by Gasteiger charge is 2.46. The Kier molecular flexibility index (Phi) is 12.3. The molecule has 5 rings (SSSR count). The lowest BCUT2D eigenvalue weighted by Gasteiger charge is -2.28. The minimum absolute atomic E-state index is 0.00260. The van der Waals surface area contributed by atoms with E-state index in [1.165, 1.54) is 28.0 Å². The predicted octanol–water partition coefficient (Wildman–Crippen LogP) is 5.31. The lowest BCUT2D eigenvalue weighted by Crippen LogP contribution is -2.44. The molecule has 0 aliphatic carbocycles. The van der Waals surface area contributed by atoms with Crippen molar-refractivity contribution in [3.63, 3.8) is 0 Å². The summed E-state index contributed by atoms with van der Waals surface area (Å²) in [4.78, 5) is 59.0. The van der Waals surface area contributed by atoms with Crippen LogP contribution in [0.4, 0.5) is 15.3 Å². The van der Waals surface area contributed by atoms with Crippen LogP contribution in [0.15, 0.2) is 114 Å². The van der Waals surface area contributed by atoms with Crippen molar-refractivity contribution in [3.05, 3.63) is 142 Å². The van der Waals surface area contributed by atoms with Gasteiger partial charge in [-0.15, -0.1) is 6.58 Å². The zero-order chi connectivity index (χ0) is 37.1. The quantitative estimate of drug-likeness (QED) is 0.0906. The summed E-state index contributed by atoms with van der Waals surface area (Å²) in [5.41, 5.74) is 4.15. The lowest BCUT2D eigenvalue weighted by molar-refractivity contribution is -0.124. The van der Waals surface area contributed by atoms with Crippen LogP contribution in [-0.2, 0) is 39.6 Å². The van der Waals surface area contributed by atoms with Gasteiger partial charge >= 0.3 is 12.2 Å². The molecule has 3 amide bonds. The fourth-order valence-electron chi connectivity index (χ4n) is 6.02. The first-order chi connectivity index (χ1) is 25.1. The van der Waals surface area contributed by atoms with Crippen molar-refractivity contribution in [2.24, 2.45) is 5.10 Å². The summed E-state index contributed by atoms with van der Waals surface area (Å²) >= 11 is 0. The summed E-state index contributed by atoms with van der Waals surface area (Å²) in [7, 11) is 0. The largest absolute Gasteiger partial charge is 0.444 e. The zero-order valence-electron chi connectivity index (χ0n) is 29.5. The second-order valence-corrected chi connectivity index (χ2v) is 12.8. The van der Waals surface area contributed by atoms with Crippen molar-refractivity contribution in [3.8, 4) is 0 Å². The van der Waals surface area contributed by atoms with Crippen LogP contribution >= 0.6 is 0 Å². The van der Waals surface area contributed by atoms with E-state index < -0.39 is 29.3 Å². The van der Waals surface area contributed by atoms with E-state index in [1.807, 2.05) is 93.6 Å². The Morgan fingerprint density at radius 2 is 1.62 bits per heavy atom. The van der Waals surface area contributed by atoms with Crippen LogP contribution in [0.3, 0.4) is 0 Å². The molecule has 13 heteroatoms. The van der Waals surface area contributed by atoms with Gasteiger partial charge in [-0.05, 0) is 43.0 Å². The smallest absolute Gasteiger partial charge is 0.428 e. The summed E-state index contributed by atoms with van der Waals surface area (Å²) < 4.78 is 12.1. The van der Waals surface area contributed by atoms with Crippen LogP contribution in [0.1, 0.15) is 61.3 Å². The molecule has 3 aromatic carbocycles. The Morgan fingerprint density at radius 1 is 0.981 bits per heavy atom. The first-order valence-electron chi connectivity index (χ1n) is 16.9. The number of rotatable bonds is 14. The average molecular weight is 706 g/mol. The Morgan fingerprint density at radius 3 is 2.23 bits per heavy atom. The number of hydrogen-bond acceptors (Lipinski definition) is 9. The van der Waals surface area contributed by atoms with Crippen molar-refractivity contribution in [1.82, 2.24) is 25.6 Å². The molecular formula is C39H43N7O6. The topological polar surface area (TPSA) is 156 Å². The standard InChI is InChI=1S/C39H43N7O6/c1-5-20-45(38(50)52-26-31-14-10-7-11-15-31)33-24-41-36-39(4,43-27(2)3)21-32(46(36)35(33)48)34(47)40-22-28-16-18-29(19-17-28)23-42-44-37(49)51-25-30-12-8-6-9-13-30/h5-19,23-24,27,32,43H,1,20-22,25-26H2,2-4H3,(H,40,47)(H,44,49)/t32-,39+/m0/s1. The molecular weight excluding hydrogens is 662 g/mol. The molecule has 4 aromatic rings. The molecule has 0 bridgehead atoms. The van der Waals surface area contributed by atoms with Gasteiger partial charge < -0.3 is 20.1 Å². The highest BCUT2D eigenvalue weighted by atomic mass is 16.6. The Hall–Kier alpha value is -6.08. The fourth-order valence-corrected chi connectivity index (χ4v) is 6.02. The molecule has 13 nitrogen and oxygen atoms in total. The van der Waals surface area contributed by atoms with Crippen molar-refractivity contribution in [2.45, 2.75) is 64.6 Å². The number of carbonyl (C=O) groups is 3. The molecule has 1 aromatic heterocycles. The van der Waals surface area contributed by atoms with E-state index in [9.17, 15) is 19.2 Å². The number of hydrogen-bond donors (Lipinski definition) is 3. The summed E-state index contributed by atoms with van der Waals surface area (Å²) in [6.45, 7) is 9.94. The molecule has 0 fully saturated rings. The number of ether oxygens (including phenoxy) is 2. The minimum Gasteiger partial charge on any atom is -0.444 e. The van der Waals surface area contributed by atoms with Gasteiger partial charge in [-0.25, -0.2) is 20.0 Å². The second-order valence-electron chi connectivity index (χ2n) is 12.8. The molecule has 2 heterocycles. The third-order valence-corrected chi connectivity index (χ3v) is 8.35.